The van der Waals surface area contributed by atoms with Gasteiger partial charge in [0.25, 0.3) is 5.91 Å². The van der Waals surface area contributed by atoms with Gasteiger partial charge in [0.1, 0.15) is 11.5 Å². The summed E-state index contributed by atoms with van der Waals surface area (Å²) < 4.78 is 16.7. The number of nitrogens with zero attached hydrogens (tertiary/aromatic N) is 2. The van der Waals surface area contributed by atoms with E-state index in [1.165, 1.54) is 0 Å². The molecule has 1 amide bonds. The third-order valence-electron chi connectivity index (χ3n) is 5.18. The predicted octanol–water partition coefficient (Wildman–Crippen LogP) is 3.98. The molecule has 1 heterocycles. The van der Waals surface area contributed by atoms with Crippen molar-refractivity contribution >= 4 is 11.6 Å². The first-order chi connectivity index (χ1) is 14.5. The van der Waals surface area contributed by atoms with E-state index in [1.54, 1.807) is 7.11 Å². The number of anilines is 1. The first kappa shape index (κ1) is 22.0. The van der Waals surface area contributed by atoms with Crippen molar-refractivity contribution in [2.24, 2.45) is 0 Å². The summed E-state index contributed by atoms with van der Waals surface area (Å²) in [6.07, 6.45) is 0.116. The SMILES string of the molecule is CCOc1ccc(C(=O)N2CCN(c3ccc(OC)cc3)CC2)cc1COC(C)C. The van der Waals surface area contributed by atoms with Crippen LogP contribution in [-0.4, -0.2) is 56.8 Å². The Bertz CT molecular complexity index is 828. The van der Waals surface area contributed by atoms with Gasteiger partial charge in [0.15, 0.2) is 0 Å². The molecule has 1 aliphatic heterocycles. The van der Waals surface area contributed by atoms with E-state index in [9.17, 15) is 4.79 Å². The Morgan fingerprint density at radius 3 is 2.33 bits per heavy atom. The minimum atomic E-state index is 0.0539. The predicted molar refractivity (Wildman–Crippen MR) is 119 cm³/mol. The van der Waals surface area contributed by atoms with Crippen molar-refractivity contribution in [3.8, 4) is 11.5 Å². The van der Waals surface area contributed by atoms with Gasteiger partial charge in [-0.05, 0) is 63.2 Å². The van der Waals surface area contributed by atoms with Gasteiger partial charge in [-0.15, -0.1) is 0 Å². The van der Waals surface area contributed by atoms with Crippen LogP contribution in [0.2, 0.25) is 0 Å². The van der Waals surface area contributed by atoms with E-state index in [-0.39, 0.29) is 12.0 Å². The van der Waals surface area contributed by atoms with Crippen LogP contribution in [0.3, 0.4) is 0 Å². The molecule has 162 valence electrons. The molecule has 6 nitrogen and oxygen atoms in total. The summed E-state index contributed by atoms with van der Waals surface area (Å²) in [5, 5.41) is 0. The Balaban J connectivity index is 1.65. The van der Waals surface area contributed by atoms with E-state index >= 15 is 0 Å². The molecule has 0 spiro atoms. The summed E-state index contributed by atoms with van der Waals surface area (Å²) in [7, 11) is 1.67. The van der Waals surface area contributed by atoms with Crippen molar-refractivity contribution < 1.29 is 19.0 Å². The molecule has 0 saturated carbocycles. The number of ether oxygens (including phenoxy) is 3. The van der Waals surface area contributed by atoms with Crippen LogP contribution in [0.1, 0.15) is 36.7 Å². The normalized spacial score (nSPS) is 14.2. The van der Waals surface area contributed by atoms with Gasteiger partial charge in [-0.1, -0.05) is 0 Å². The summed E-state index contributed by atoms with van der Waals surface area (Å²) in [4.78, 5) is 17.3. The van der Waals surface area contributed by atoms with Crippen LogP contribution < -0.4 is 14.4 Å². The minimum Gasteiger partial charge on any atom is -0.497 e. The molecule has 1 fully saturated rings. The van der Waals surface area contributed by atoms with Crippen molar-refractivity contribution in [1.29, 1.82) is 0 Å². The molecule has 1 saturated heterocycles. The zero-order chi connectivity index (χ0) is 21.5. The highest BCUT2D eigenvalue weighted by molar-refractivity contribution is 5.94. The smallest absolute Gasteiger partial charge is 0.253 e. The van der Waals surface area contributed by atoms with Crippen molar-refractivity contribution in [2.75, 3.05) is 44.8 Å². The van der Waals surface area contributed by atoms with Crippen molar-refractivity contribution in [3.63, 3.8) is 0 Å². The molecule has 0 unspecified atom stereocenters. The molecular weight excluding hydrogens is 380 g/mol. The fourth-order valence-corrected chi connectivity index (χ4v) is 3.52. The van der Waals surface area contributed by atoms with E-state index in [1.807, 2.05) is 56.0 Å². The molecule has 6 heteroatoms. The van der Waals surface area contributed by atoms with Gasteiger partial charge in [0, 0.05) is 43.0 Å². The van der Waals surface area contributed by atoms with Crippen molar-refractivity contribution in [3.05, 3.63) is 53.6 Å². The number of benzene rings is 2. The number of hydrogen-bond donors (Lipinski definition) is 0. The van der Waals surface area contributed by atoms with Crippen LogP contribution >= 0.6 is 0 Å². The molecule has 1 aliphatic rings. The zero-order valence-corrected chi connectivity index (χ0v) is 18.4. The summed E-state index contributed by atoms with van der Waals surface area (Å²) in [5.41, 5.74) is 2.74. The van der Waals surface area contributed by atoms with Gasteiger partial charge in [-0.2, -0.15) is 0 Å². The molecular formula is C24H32N2O4. The summed E-state index contributed by atoms with van der Waals surface area (Å²) in [5.74, 6) is 1.68. The molecule has 0 radical (unpaired) electrons. The van der Waals surface area contributed by atoms with E-state index in [4.69, 9.17) is 14.2 Å². The van der Waals surface area contributed by atoms with Gasteiger partial charge in [0.05, 0.1) is 26.4 Å². The van der Waals surface area contributed by atoms with E-state index in [0.717, 1.165) is 35.8 Å². The van der Waals surface area contributed by atoms with Gasteiger partial charge >= 0.3 is 0 Å². The standard InChI is InChI=1S/C24H32N2O4/c1-5-29-23-11-6-19(16-20(23)17-30-18(2)3)24(27)26-14-12-25(13-15-26)21-7-9-22(28-4)10-8-21/h6-11,16,18H,5,12-15,17H2,1-4H3. The second kappa shape index (κ2) is 10.3. The minimum absolute atomic E-state index is 0.0539. The number of carbonyl (C=O) groups excluding carboxylic acids is 1. The van der Waals surface area contributed by atoms with Crippen LogP contribution in [0.25, 0.3) is 0 Å². The Morgan fingerprint density at radius 2 is 1.73 bits per heavy atom. The second-order valence-corrected chi connectivity index (χ2v) is 7.59. The molecule has 0 N–H and O–H groups in total. The third-order valence-corrected chi connectivity index (χ3v) is 5.18. The highest BCUT2D eigenvalue weighted by Crippen LogP contribution is 2.24. The quantitative estimate of drug-likeness (QED) is 0.656. The first-order valence-corrected chi connectivity index (χ1v) is 10.6. The number of hydrogen-bond acceptors (Lipinski definition) is 5. The molecule has 2 aromatic rings. The lowest BCUT2D eigenvalue weighted by Gasteiger charge is -2.36. The van der Waals surface area contributed by atoms with Gasteiger partial charge in [0.2, 0.25) is 0 Å². The Hall–Kier alpha value is -2.73. The second-order valence-electron chi connectivity index (χ2n) is 7.59. The molecule has 0 bridgehead atoms. The lowest BCUT2D eigenvalue weighted by molar-refractivity contribution is 0.0639. The van der Waals surface area contributed by atoms with E-state index < -0.39 is 0 Å². The maximum atomic E-state index is 13.1. The van der Waals surface area contributed by atoms with E-state index in [0.29, 0.717) is 31.9 Å². The lowest BCUT2D eigenvalue weighted by atomic mass is 10.1. The molecule has 3 rings (SSSR count). The fourth-order valence-electron chi connectivity index (χ4n) is 3.52. The fraction of sp³-hybridized carbons (Fsp3) is 0.458. The van der Waals surface area contributed by atoms with Crippen molar-refractivity contribution in [2.45, 2.75) is 33.5 Å². The molecule has 0 aromatic heterocycles. The topological polar surface area (TPSA) is 51.2 Å². The average molecular weight is 413 g/mol. The Morgan fingerprint density at radius 1 is 1.03 bits per heavy atom. The highest BCUT2D eigenvalue weighted by Gasteiger charge is 2.23. The maximum absolute atomic E-state index is 13.1. The summed E-state index contributed by atoms with van der Waals surface area (Å²) in [6.45, 7) is 9.95. The number of piperazine rings is 1. The van der Waals surface area contributed by atoms with Crippen LogP contribution in [0.5, 0.6) is 11.5 Å². The van der Waals surface area contributed by atoms with Crippen LogP contribution in [0, 0.1) is 0 Å². The number of rotatable bonds is 8. The first-order valence-electron chi connectivity index (χ1n) is 10.6. The summed E-state index contributed by atoms with van der Waals surface area (Å²) >= 11 is 0. The third kappa shape index (κ3) is 5.45. The maximum Gasteiger partial charge on any atom is 0.253 e. The molecule has 2 aromatic carbocycles. The number of methoxy groups -OCH3 is 1. The van der Waals surface area contributed by atoms with E-state index in [2.05, 4.69) is 17.0 Å². The molecule has 0 atom stereocenters. The average Bonchev–Trinajstić information content (AvgIpc) is 2.78. The van der Waals surface area contributed by atoms with Crippen LogP contribution in [0.15, 0.2) is 42.5 Å². The van der Waals surface area contributed by atoms with Crippen LogP contribution in [0.4, 0.5) is 5.69 Å². The molecule has 0 aliphatic carbocycles. The monoisotopic (exact) mass is 412 g/mol. The van der Waals surface area contributed by atoms with Crippen molar-refractivity contribution in [1.82, 2.24) is 4.90 Å². The number of amides is 1. The largest absolute Gasteiger partial charge is 0.497 e. The highest BCUT2D eigenvalue weighted by atomic mass is 16.5. The number of carbonyl (C=O) groups is 1. The van der Waals surface area contributed by atoms with Gasteiger partial charge < -0.3 is 24.0 Å². The van der Waals surface area contributed by atoms with Gasteiger partial charge in [-0.25, -0.2) is 0 Å². The lowest BCUT2D eigenvalue weighted by Crippen LogP contribution is -2.48. The van der Waals surface area contributed by atoms with Gasteiger partial charge in [-0.3, -0.25) is 4.79 Å². The Labute approximate surface area is 179 Å². The van der Waals surface area contributed by atoms with Crippen LogP contribution in [-0.2, 0) is 11.3 Å². The zero-order valence-electron chi connectivity index (χ0n) is 18.4. The Kier molecular flexibility index (Phi) is 7.57. The summed E-state index contributed by atoms with van der Waals surface area (Å²) in [6, 6.07) is 13.7. The molecule has 30 heavy (non-hydrogen) atoms.